The fraction of sp³-hybridized carbons (Fsp3) is 0.292. The SMILES string of the molecule is c1ccc2nc(CCCCN3CCc4c([nH]c5ccccc45)C3)ccc2c1. The van der Waals surface area contributed by atoms with E-state index in [4.69, 9.17) is 4.98 Å². The average Bonchev–Trinajstić information content (AvgIpc) is 3.09. The Kier molecular flexibility index (Phi) is 4.38. The topological polar surface area (TPSA) is 31.9 Å². The zero-order valence-corrected chi connectivity index (χ0v) is 15.6. The predicted molar refractivity (Wildman–Crippen MR) is 112 cm³/mol. The Hall–Kier alpha value is -2.65. The van der Waals surface area contributed by atoms with Crippen molar-refractivity contribution in [3.05, 3.63) is 77.6 Å². The van der Waals surface area contributed by atoms with Crippen LogP contribution in [0.3, 0.4) is 0 Å². The highest BCUT2D eigenvalue weighted by molar-refractivity contribution is 5.84. The maximum atomic E-state index is 4.79. The van der Waals surface area contributed by atoms with Gasteiger partial charge in [0.1, 0.15) is 0 Å². The molecule has 0 atom stereocenters. The second kappa shape index (κ2) is 7.16. The molecule has 0 saturated carbocycles. The number of pyridine rings is 1. The van der Waals surface area contributed by atoms with Gasteiger partial charge in [0.05, 0.1) is 5.52 Å². The van der Waals surface area contributed by atoms with Crippen LogP contribution in [0, 0.1) is 0 Å². The second-order valence-corrected chi connectivity index (χ2v) is 7.61. The Morgan fingerprint density at radius 1 is 0.926 bits per heavy atom. The maximum Gasteiger partial charge on any atom is 0.0705 e. The molecule has 3 heterocycles. The lowest BCUT2D eigenvalue weighted by molar-refractivity contribution is 0.247. The van der Waals surface area contributed by atoms with E-state index in [9.17, 15) is 0 Å². The normalized spacial score (nSPS) is 14.7. The Balaban J connectivity index is 1.16. The molecule has 2 aromatic carbocycles. The number of aromatic amines is 1. The molecular weight excluding hydrogens is 330 g/mol. The summed E-state index contributed by atoms with van der Waals surface area (Å²) in [5.74, 6) is 0. The van der Waals surface area contributed by atoms with Crippen molar-refractivity contribution >= 4 is 21.8 Å². The van der Waals surface area contributed by atoms with Crippen LogP contribution in [-0.2, 0) is 19.4 Å². The summed E-state index contributed by atoms with van der Waals surface area (Å²) in [6.07, 6.45) is 4.65. The van der Waals surface area contributed by atoms with Crippen LogP contribution >= 0.6 is 0 Å². The monoisotopic (exact) mass is 355 g/mol. The first kappa shape index (κ1) is 16.5. The summed E-state index contributed by atoms with van der Waals surface area (Å²) in [6.45, 7) is 3.39. The molecule has 4 aromatic rings. The highest BCUT2D eigenvalue weighted by Gasteiger charge is 2.19. The molecule has 136 valence electrons. The first-order chi connectivity index (χ1) is 13.4. The number of aryl methyl sites for hydroxylation is 1. The van der Waals surface area contributed by atoms with Gasteiger partial charge in [0.2, 0.25) is 0 Å². The van der Waals surface area contributed by atoms with Crippen molar-refractivity contribution in [1.29, 1.82) is 0 Å². The van der Waals surface area contributed by atoms with E-state index in [0.717, 1.165) is 24.9 Å². The van der Waals surface area contributed by atoms with E-state index in [2.05, 4.69) is 70.5 Å². The zero-order chi connectivity index (χ0) is 18.1. The number of para-hydroxylation sites is 2. The van der Waals surface area contributed by atoms with Crippen LogP contribution in [0.1, 0.15) is 29.8 Å². The van der Waals surface area contributed by atoms with Crippen LogP contribution in [0.5, 0.6) is 0 Å². The van der Waals surface area contributed by atoms with Crippen LogP contribution in [-0.4, -0.2) is 28.0 Å². The van der Waals surface area contributed by atoms with Gasteiger partial charge in [-0.25, -0.2) is 0 Å². The van der Waals surface area contributed by atoms with E-state index >= 15 is 0 Å². The summed E-state index contributed by atoms with van der Waals surface area (Å²) in [7, 11) is 0. The lowest BCUT2D eigenvalue weighted by atomic mass is 10.0. The third-order valence-electron chi connectivity index (χ3n) is 5.78. The summed E-state index contributed by atoms with van der Waals surface area (Å²) < 4.78 is 0. The van der Waals surface area contributed by atoms with Crippen LogP contribution in [0.25, 0.3) is 21.8 Å². The van der Waals surface area contributed by atoms with Gasteiger partial charge in [0.15, 0.2) is 0 Å². The molecule has 0 bridgehead atoms. The molecule has 1 aliphatic rings. The van der Waals surface area contributed by atoms with Gasteiger partial charge in [0.25, 0.3) is 0 Å². The van der Waals surface area contributed by atoms with Gasteiger partial charge < -0.3 is 4.98 Å². The van der Waals surface area contributed by atoms with E-state index in [1.807, 2.05) is 0 Å². The van der Waals surface area contributed by atoms with Gasteiger partial charge in [-0.2, -0.15) is 0 Å². The van der Waals surface area contributed by atoms with Gasteiger partial charge >= 0.3 is 0 Å². The van der Waals surface area contributed by atoms with Crippen molar-refractivity contribution in [2.45, 2.75) is 32.2 Å². The lowest BCUT2D eigenvalue weighted by Gasteiger charge is -2.26. The highest BCUT2D eigenvalue weighted by Crippen LogP contribution is 2.27. The van der Waals surface area contributed by atoms with Crippen LogP contribution in [0.15, 0.2) is 60.7 Å². The Labute approximate surface area is 160 Å². The standard InChI is InChI=1S/C24H25N3/c1-3-10-22-18(7-1)12-13-19(25-22)8-5-6-15-27-16-14-21-20-9-2-4-11-23(20)26-24(21)17-27/h1-4,7,9-13,26H,5-6,8,14-17H2. The molecule has 0 radical (unpaired) electrons. The summed E-state index contributed by atoms with van der Waals surface area (Å²) in [4.78, 5) is 11.0. The van der Waals surface area contributed by atoms with E-state index in [1.165, 1.54) is 59.2 Å². The number of hydrogen-bond donors (Lipinski definition) is 1. The van der Waals surface area contributed by atoms with Crippen molar-refractivity contribution in [1.82, 2.24) is 14.9 Å². The highest BCUT2D eigenvalue weighted by atomic mass is 15.1. The van der Waals surface area contributed by atoms with Gasteiger partial charge in [-0.15, -0.1) is 0 Å². The van der Waals surface area contributed by atoms with Crippen molar-refractivity contribution in [3.8, 4) is 0 Å². The Morgan fingerprint density at radius 3 is 2.81 bits per heavy atom. The van der Waals surface area contributed by atoms with E-state index < -0.39 is 0 Å². The first-order valence-corrected chi connectivity index (χ1v) is 10.0. The minimum Gasteiger partial charge on any atom is -0.357 e. The quantitative estimate of drug-likeness (QED) is 0.505. The maximum absolute atomic E-state index is 4.79. The molecule has 3 nitrogen and oxygen atoms in total. The van der Waals surface area contributed by atoms with Gasteiger partial charge in [-0.3, -0.25) is 9.88 Å². The number of nitrogens with zero attached hydrogens (tertiary/aromatic N) is 2. The number of aromatic nitrogens is 2. The molecule has 0 spiro atoms. The van der Waals surface area contributed by atoms with E-state index in [-0.39, 0.29) is 0 Å². The average molecular weight is 355 g/mol. The Morgan fingerprint density at radius 2 is 1.81 bits per heavy atom. The molecule has 0 unspecified atom stereocenters. The summed E-state index contributed by atoms with van der Waals surface area (Å²) in [5, 5.41) is 2.64. The number of nitrogens with one attached hydrogen (secondary N) is 1. The minimum atomic E-state index is 1.05. The number of hydrogen-bond acceptors (Lipinski definition) is 2. The van der Waals surface area contributed by atoms with Crippen LogP contribution in [0.4, 0.5) is 0 Å². The summed E-state index contributed by atoms with van der Waals surface area (Å²) >= 11 is 0. The molecule has 0 amide bonds. The number of H-pyrrole nitrogens is 1. The Bertz CT molecular complexity index is 1080. The fourth-order valence-corrected chi connectivity index (χ4v) is 4.33. The summed E-state index contributed by atoms with van der Waals surface area (Å²) in [6, 6.07) is 21.4. The van der Waals surface area contributed by atoms with Crippen molar-refractivity contribution in [2.75, 3.05) is 13.1 Å². The summed E-state index contributed by atoms with van der Waals surface area (Å²) in [5.41, 5.74) is 6.55. The molecule has 0 fully saturated rings. The van der Waals surface area contributed by atoms with Crippen LogP contribution < -0.4 is 0 Å². The van der Waals surface area contributed by atoms with Gasteiger partial charge in [-0.1, -0.05) is 42.5 Å². The molecule has 1 aliphatic heterocycles. The minimum absolute atomic E-state index is 1.05. The molecular formula is C24H25N3. The van der Waals surface area contributed by atoms with Gasteiger partial charge in [-0.05, 0) is 56.0 Å². The third kappa shape index (κ3) is 3.35. The second-order valence-electron chi connectivity index (χ2n) is 7.61. The van der Waals surface area contributed by atoms with Gasteiger partial charge in [0, 0.05) is 40.8 Å². The van der Waals surface area contributed by atoms with E-state index in [0.29, 0.717) is 0 Å². The number of unbranched alkanes of at least 4 members (excludes halogenated alkanes) is 1. The molecule has 2 aromatic heterocycles. The predicted octanol–water partition coefficient (Wildman–Crippen LogP) is 5.10. The largest absolute Gasteiger partial charge is 0.357 e. The molecule has 1 N–H and O–H groups in total. The molecule has 3 heteroatoms. The number of fused-ring (bicyclic) bond motifs is 4. The molecule has 0 saturated heterocycles. The van der Waals surface area contributed by atoms with Crippen LogP contribution in [0.2, 0.25) is 0 Å². The molecule has 5 rings (SSSR count). The first-order valence-electron chi connectivity index (χ1n) is 10.0. The van der Waals surface area contributed by atoms with Crippen molar-refractivity contribution in [2.24, 2.45) is 0 Å². The third-order valence-corrected chi connectivity index (χ3v) is 5.78. The van der Waals surface area contributed by atoms with Crippen molar-refractivity contribution in [3.63, 3.8) is 0 Å². The molecule has 27 heavy (non-hydrogen) atoms. The van der Waals surface area contributed by atoms with Crippen molar-refractivity contribution < 1.29 is 0 Å². The number of benzene rings is 2. The molecule has 0 aliphatic carbocycles. The smallest absolute Gasteiger partial charge is 0.0705 e. The number of rotatable bonds is 5. The zero-order valence-electron chi connectivity index (χ0n) is 15.6. The van der Waals surface area contributed by atoms with E-state index in [1.54, 1.807) is 0 Å². The fourth-order valence-electron chi connectivity index (χ4n) is 4.33. The lowest BCUT2D eigenvalue weighted by Crippen LogP contribution is -2.31.